The summed E-state index contributed by atoms with van der Waals surface area (Å²) in [6, 6.07) is 26.6. The maximum atomic E-state index is 5.27. The summed E-state index contributed by atoms with van der Waals surface area (Å²) in [5.41, 5.74) is 14.5. The normalized spacial score (nSPS) is 16.7. The Kier molecular flexibility index (Phi) is 17.0. The van der Waals surface area contributed by atoms with E-state index in [1.807, 2.05) is 36.8 Å². The van der Waals surface area contributed by atoms with Crippen LogP contribution in [0.1, 0.15) is 54.5 Å². The van der Waals surface area contributed by atoms with E-state index in [0.29, 0.717) is 18.1 Å². The molecule has 3 atom stereocenters. The van der Waals surface area contributed by atoms with Crippen molar-refractivity contribution in [2.75, 3.05) is 81.9 Å². The van der Waals surface area contributed by atoms with Crippen molar-refractivity contribution in [2.45, 2.75) is 57.0 Å². The molecule has 12 rings (SSSR count). The Balaban J connectivity index is 0.000000128. The molecule has 3 aromatic carbocycles. The van der Waals surface area contributed by atoms with Crippen molar-refractivity contribution < 1.29 is 14.2 Å². The zero-order chi connectivity index (χ0) is 52.2. The first-order valence-corrected chi connectivity index (χ1v) is 27.8. The molecule has 75 heavy (non-hydrogen) atoms. The van der Waals surface area contributed by atoms with Gasteiger partial charge in [-0.1, -0.05) is 47.8 Å². The van der Waals surface area contributed by atoms with E-state index in [9.17, 15) is 0 Å². The Labute approximate surface area is 463 Å². The Morgan fingerprint density at radius 3 is 1.00 bits per heavy atom. The number of methoxy groups -OCH3 is 3. The van der Waals surface area contributed by atoms with Crippen LogP contribution < -0.4 is 0 Å². The Bertz CT molecular complexity index is 3040. The summed E-state index contributed by atoms with van der Waals surface area (Å²) in [7, 11) is 11.8. The highest BCUT2D eigenvalue weighted by Gasteiger charge is 2.36. The lowest BCUT2D eigenvalue weighted by molar-refractivity contribution is 0.139. The molecule has 0 amide bonds. The van der Waals surface area contributed by atoms with Crippen molar-refractivity contribution in [3.63, 3.8) is 0 Å². The Morgan fingerprint density at radius 2 is 0.747 bits per heavy atom. The third-order valence-electron chi connectivity index (χ3n) is 15.1. The maximum Gasteiger partial charge on any atom is 0.116 e. The molecule has 0 saturated heterocycles. The second-order valence-electron chi connectivity index (χ2n) is 19.3. The van der Waals surface area contributed by atoms with Crippen molar-refractivity contribution >= 4 is 80.5 Å². The van der Waals surface area contributed by atoms with E-state index in [-0.39, 0.29) is 0 Å². The molecule has 0 aliphatic carbocycles. The number of benzene rings is 3. The molecule has 390 valence electrons. The largest absolute Gasteiger partial charge is 0.383 e. The van der Waals surface area contributed by atoms with Gasteiger partial charge < -0.3 is 27.9 Å². The second kappa shape index (κ2) is 23.9. The van der Waals surface area contributed by atoms with E-state index >= 15 is 0 Å². The fourth-order valence-electron chi connectivity index (χ4n) is 11.6. The number of aromatic nitrogens is 9. The van der Waals surface area contributed by atoms with Gasteiger partial charge in [-0.25, -0.2) is 29.9 Å². The van der Waals surface area contributed by atoms with Crippen LogP contribution in [0, 0.1) is 0 Å². The first-order chi connectivity index (χ1) is 36.6. The van der Waals surface area contributed by atoms with Crippen molar-refractivity contribution in [1.82, 2.24) is 58.3 Å². The van der Waals surface area contributed by atoms with E-state index in [0.717, 1.165) is 109 Å². The van der Waals surface area contributed by atoms with Gasteiger partial charge in [-0.3, -0.25) is 14.7 Å². The van der Waals surface area contributed by atoms with E-state index in [2.05, 4.69) is 182 Å². The lowest BCUT2D eigenvalue weighted by Crippen LogP contribution is -2.27. The monoisotopic (exact) mass is 1200 g/mol. The van der Waals surface area contributed by atoms with Gasteiger partial charge in [0.15, 0.2) is 0 Å². The van der Waals surface area contributed by atoms with Gasteiger partial charge in [0.1, 0.15) is 19.0 Å². The minimum atomic E-state index is 0.367. The molecular formula is C57H63Br3N12O3. The van der Waals surface area contributed by atoms with Gasteiger partial charge in [-0.15, -0.1) is 0 Å². The van der Waals surface area contributed by atoms with Gasteiger partial charge in [0.25, 0.3) is 0 Å². The zero-order valence-corrected chi connectivity index (χ0v) is 48.1. The average molecular weight is 1200 g/mol. The molecule has 1 unspecified atom stereocenters. The number of hydrogen-bond donors (Lipinski definition) is 0. The molecule has 6 aromatic heterocycles. The second-order valence-corrected chi connectivity index (χ2v) is 22.1. The SMILES string of the molecule is COCCN(C)C1CCn2c1c(-c1ccncn1)c1cc(Br)ccc12.COCCN(C)[C@@H]1CCn2c1c(-c1ccncn1)c1cc(Br)ccc12.COCCN(C)[C@H]1CCn2c1c(-c1ccncn1)c1cc(Br)ccc12. The molecule has 15 nitrogen and oxygen atoms in total. The number of aryl methyl sites for hydroxylation is 3. The molecule has 0 fully saturated rings. The number of likely N-dealkylation sites (N-methyl/N-ethyl adjacent to an activating group) is 3. The van der Waals surface area contributed by atoms with Gasteiger partial charge in [-0.05, 0) is 113 Å². The quantitative estimate of drug-likeness (QED) is 0.0969. The minimum Gasteiger partial charge on any atom is -0.383 e. The highest BCUT2D eigenvalue weighted by atomic mass is 79.9. The van der Waals surface area contributed by atoms with E-state index in [4.69, 9.17) is 14.2 Å². The standard InChI is InChI=1S/3C19H21BrN4O/c3*1-23(9-10-25-2)17-6-8-24-16-4-3-13(20)11-14(16)18(19(17)24)15-5-7-21-12-22-15/h3*3-5,7,11-12,17H,6,8-10H2,1-2H3/t2*17-;/m10./s1. The van der Waals surface area contributed by atoms with Crippen LogP contribution in [0.2, 0.25) is 0 Å². The molecule has 0 saturated carbocycles. The first kappa shape index (κ1) is 53.1. The number of ether oxygens (including phenoxy) is 3. The van der Waals surface area contributed by atoms with Gasteiger partial charge in [0.2, 0.25) is 0 Å². The molecule has 0 bridgehead atoms. The average Bonchev–Trinajstić information content (AvgIpc) is 4.30. The fraction of sp³-hybridized carbons (Fsp3) is 0.368. The summed E-state index contributed by atoms with van der Waals surface area (Å²) in [5, 5.41) is 3.73. The van der Waals surface area contributed by atoms with E-state index < -0.39 is 0 Å². The molecule has 9 heterocycles. The highest BCUT2D eigenvalue weighted by Crippen LogP contribution is 2.48. The van der Waals surface area contributed by atoms with Crippen LogP contribution in [0.25, 0.3) is 66.5 Å². The third-order valence-corrected chi connectivity index (χ3v) is 16.6. The fourth-order valence-corrected chi connectivity index (χ4v) is 12.6. The first-order valence-electron chi connectivity index (χ1n) is 25.4. The number of rotatable bonds is 15. The summed E-state index contributed by atoms with van der Waals surface area (Å²) in [6.45, 7) is 8.03. The lowest BCUT2D eigenvalue weighted by atomic mass is 10.0. The predicted octanol–water partition coefficient (Wildman–Crippen LogP) is 11.7. The molecule has 0 spiro atoms. The summed E-state index contributed by atoms with van der Waals surface area (Å²) in [6.07, 6.45) is 13.7. The number of halogens is 3. The van der Waals surface area contributed by atoms with Crippen molar-refractivity contribution in [3.8, 4) is 33.8 Å². The molecular weight excluding hydrogens is 1140 g/mol. The molecule has 18 heteroatoms. The molecule has 3 aliphatic rings. The number of nitrogens with zero attached hydrogens (tertiary/aromatic N) is 12. The Hall–Kier alpha value is -5.28. The van der Waals surface area contributed by atoms with Crippen LogP contribution in [0.5, 0.6) is 0 Å². The van der Waals surface area contributed by atoms with E-state index in [1.54, 1.807) is 40.3 Å². The van der Waals surface area contributed by atoms with Crippen LogP contribution in [0.3, 0.4) is 0 Å². The highest BCUT2D eigenvalue weighted by molar-refractivity contribution is 9.11. The minimum absolute atomic E-state index is 0.367. The smallest absolute Gasteiger partial charge is 0.116 e. The Morgan fingerprint density at radius 1 is 0.453 bits per heavy atom. The van der Waals surface area contributed by atoms with Crippen LogP contribution in [-0.4, -0.2) is 140 Å². The van der Waals surface area contributed by atoms with Crippen LogP contribution in [-0.2, 0) is 33.8 Å². The van der Waals surface area contributed by atoms with Crippen LogP contribution in [0.15, 0.2) is 124 Å². The van der Waals surface area contributed by atoms with E-state index in [1.165, 1.54) is 66.5 Å². The molecule has 0 radical (unpaired) electrons. The molecule has 9 aromatic rings. The maximum absolute atomic E-state index is 5.27. The summed E-state index contributed by atoms with van der Waals surface area (Å²) in [4.78, 5) is 33.1. The van der Waals surface area contributed by atoms with Crippen LogP contribution >= 0.6 is 47.8 Å². The van der Waals surface area contributed by atoms with Gasteiger partial charge in [0.05, 0.1) is 55.0 Å². The lowest BCUT2D eigenvalue weighted by Gasteiger charge is -2.24. The van der Waals surface area contributed by atoms with Crippen LogP contribution in [0.4, 0.5) is 0 Å². The topological polar surface area (TPSA) is 130 Å². The van der Waals surface area contributed by atoms with Gasteiger partial charge in [0, 0.05) is 159 Å². The summed E-state index contributed by atoms with van der Waals surface area (Å²) in [5.74, 6) is 0. The third kappa shape index (κ3) is 10.7. The van der Waals surface area contributed by atoms with Crippen molar-refractivity contribution in [3.05, 3.63) is 141 Å². The molecule has 3 aliphatic heterocycles. The van der Waals surface area contributed by atoms with Crippen molar-refractivity contribution in [1.29, 1.82) is 0 Å². The van der Waals surface area contributed by atoms with Gasteiger partial charge in [-0.2, -0.15) is 0 Å². The molecule has 0 N–H and O–H groups in total. The summed E-state index contributed by atoms with van der Waals surface area (Å²) >= 11 is 10.9. The zero-order valence-electron chi connectivity index (χ0n) is 43.3. The number of hydrogen-bond acceptors (Lipinski definition) is 12. The van der Waals surface area contributed by atoms with Crippen molar-refractivity contribution in [2.24, 2.45) is 0 Å². The number of fused-ring (bicyclic) bond motifs is 9. The van der Waals surface area contributed by atoms with Gasteiger partial charge >= 0.3 is 0 Å². The summed E-state index contributed by atoms with van der Waals surface area (Å²) < 4.78 is 26.4. The predicted molar refractivity (Wildman–Crippen MR) is 308 cm³/mol.